The van der Waals surface area contributed by atoms with Crippen LogP contribution in [-0.4, -0.2) is 104 Å². The van der Waals surface area contributed by atoms with Gasteiger partial charge in [0.2, 0.25) is 16.2 Å². The lowest BCUT2D eigenvalue weighted by Crippen LogP contribution is -2.40. The second-order valence-electron chi connectivity index (χ2n) is 17.6. The number of aliphatic hydroxyl groups is 1. The summed E-state index contributed by atoms with van der Waals surface area (Å²) in [7, 11) is -18.1. The molecule has 5 aromatic carbocycles. The van der Waals surface area contributed by atoms with Crippen molar-refractivity contribution in [3.05, 3.63) is 167 Å². The van der Waals surface area contributed by atoms with Gasteiger partial charge in [-0.05, 0) is 118 Å². The Labute approximate surface area is 479 Å². The minimum absolute atomic E-state index is 0.00863. The number of carbonyl (C=O) groups is 2. The number of hydrogen-bond donors (Lipinski definition) is 1. The molecule has 10 rings (SSSR count). The summed E-state index contributed by atoms with van der Waals surface area (Å²) in [5.74, 6) is -0.0767. The van der Waals surface area contributed by atoms with E-state index in [1.165, 1.54) is 94.3 Å². The highest BCUT2D eigenvalue weighted by molar-refractivity contribution is 8.11. The zero-order valence-corrected chi connectivity index (χ0v) is 50.6. The van der Waals surface area contributed by atoms with E-state index in [9.17, 15) is 48.4 Å². The third-order valence-electron chi connectivity index (χ3n) is 12.8. The quantitative estimate of drug-likeness (QED) is 0.107. The summed E-state index contributed by atoms with van der Waals surface area (Å²) in [6.45, 7) is 18.1. The van der Waals surface area contributed by atoms with Crippen molar-refractivity contribution in [3.63, 3.8) is 0 Å². The number of benzene rings is 5. The molecule has 24 heteroatoms. The summed E-state index contributed by atoms with van der Waals surface area (Å²) < 4.78 is 109. The number of thiazole rings is 2. The lowest BCUT2D eigenvalue weighted by atomic mass is 9.99. The molecule has 0 aliphatic carbocycles. The second kappa shape index (κ2) is 27.4. The average molecular weight is 1210 g/mol. The van der Waals surface area contributed by atoms with E-state index in [0.717, 1.165) is 53.3 Å². The molecule has 2 aromatic heterocycles. The third-order valence-corrected chi connectivity index (χ3v) is 23.1. The SMILES string of the molecule is CC.CC.CC.Cc1ccc(S(=O)(=O)N(c2nccs2)S(=O)(=O)c2ccc(N3CCC(N4CCC(c5ccccc5)C4)C3=O)cc2)cc1.Cc1ccc(S(=O)(=O)N(c2nccs2)S(=O)(=O)c2ccc(N3CCC(O)C3=O)cc2)cc1. The largest absolute Gasteiger partial charge is 0.383 e. The Kier molecular flexibility index (Phi) is 21.5. The normalized spacial score (nSPS) is 17.4. The molecule has 80 heavy (non-hydrogen) atoms. The van der Waals surface area contributed by atoms with Crippen molar-refractivity contribution in [2.75, 3.05) is 43.4 Å². The molecule has 3 aliphatic heterocycles. The van der Waals surface area contributed by atoms with Gasteiger partial charge >= 0.3 is 0 Å². The molecule has 3 unspecified atom stereocenters. The predicted molar refractivity (Wildman–Crippen MR) is 316 cm³/mol. The molecule has 0 radical (unpaired) electrons. The Morgan fingerprint density at radius 3 is 1.23 bits per heavy atom. The maximum Gasteiger partial charge on any atom is 0.279 e. The molecule has 0 bridgehead atoms. The van der Waals surface area contributed by atoms with Gasteiger partial charge in [0, 0.05) is 60.6 Å². The number of likely N-dealkylation sites (tertiary alicyclic amines) is 1. The van der Waals surface area contributed by atoms with Crippen molar-refractivity contribution in [3.8, 4) is 0 Å². The molecule has 3 fully saturated rings. The molecule has 3 saturated heterocycles. The van der Waals surface area contributed by atoms with Crippen LogP contribution in [0.4, 0.5) is 21.6 Å². The number of sulfonamides is 4. The third kappa shape index (κ3) is 13.5. The average Bonchev–Trinajstić information content (AvgIpc) is 4.47. The molecule has 5 heterocycles. The van der Waals surface area contributed by atoms with Crippen molar-refractivity contribution in [1.29, 1.82) is 0 Å². The van der Waals surface area contributed by atoms with Crippen molar-refractivity contribution in [2.45, 2.75) is 112 Å². The molecule has 3 atom stereocenters. The first kappa shape index (κ1) is 62.8. The summed E-state index contributed by atoms with van der Waals surface area (Å²) in [4.78, 5) is 37.9. The minimum atomic E-state index is -4.57. The molecule has 3 aliphatic rings. The van der Waals surface area contributed by atoms with Gasteiger partial charge in [0.25, 0.3) is 46.0 Å². The van der Waals surface area contributed by atoms with Crippen molar-refractivity contribution in [2.24, 2.45) is 0 Å². The zero-order valence-electron chi connectivity index (χ0n) is 45.7. The van der Waals surface area contributed by atoms with Crippen LogP contribution in [0.25, 0.3) is 0 Å². The lowest BCUT2D eigenvalue weighted by molar-refractivity contribution is -0.124. The van der Waals surface area contributed by atoms with Gasteiger partial charge in [-0.15, -0.1) is 30.1 Å². The monoisotopic (exact) mass is 1210 g/mol. The number of aliphatic hydroxyl groups excluding tert-OH is 1. The number of carbonyl (C=O) groups excluding carboxylic acids is 2. The molecular formula is C56H67N7O11S6. The number of aromatic nitrogens is 2. The van der Waals surface area contributed by atoms with Crippen molar-refractivity contribution >= 4 is 96.2 Å². The Morgan fingerprint density at radius 1 is 0.487 bits per heavy atom. The van der Waals surface area contributed by atoms with E-state index in [2.05, 4.69) is 27.0 Å². The first-order chi connectivity index (χ1) is 38.3. The van der Waals surface area contributed by atoms with Gasteiger partial charge in [0.15, 0.2) is 0 Å². The summed E-state index contributed by atoms with van der Waals surface area (Å²) >= 11 is 1.79. The molecule has 7 aromatic rings. The Hall–Kier alpha value is -6.38. The van der Waals surface area contributed by atoms with E-state index in [1.54, 1.807) is 48.2 Å². The van der Waals surface area contributed by atoms with Crippen molar-refractivity contribution in [1.82, 2.24) is 14.9 Å². The van der Waals surface area contributed by atoms with E-state index < -0.39 is 52.1 Å². The lowest BCUT2D eigenvalue weighted by Gasteiger charge is -2.24. The fourth-order valence-corrected chi connectivity index (χ4v) is 18.3. The van der Waals surface area contributed by atoms with Gasteiger partial charge in [-0.3, -0.25) is 14.5 Å². The van der Waals surface area contributed by atoms with E-state index in [1.807, 2.05) is 66.7 Å². The summed E-state index contributed by atoms with van der Waals surface area (Å²) in [5, 5.41) is 12.2. The minimum Gasteiger partial charge on any atom is -0.383 e. The number of anilines is 4. The standard InChI is InChI=1S/C30H30N4O5S3.C20H19N3O6S3.3C2H6/c1-22-7-11-26(12-8-22)41(36,37)34(30-31-17-20-40-30)42(38,39)27-13-9-25(10-14-27)33-19-16-28(29(33)35)32-18-15-24(21-32)23-5-3-2-4-6-23;1-14-2-6-16(7-3-14)31(26,27)23(20-21-11-13-30-20)32(28,29)17-8-4-15(5-9-17)22-12-10-18(24)19(22)25;3*1-2/h2-14,17,20,24,28H,15-16,18-19,21H2,1H3;2-9,11,13,18,24H,10,12H2,1H3;3*1-2H3. The van der Waals surface area contributed by atoms with Gasteiger partial charge in [0.05, 0.1) is 25.6 Å². The number of nitrogens with zero attached hydrogens (tertiary/aromatic N) is 7. The Balaban J connectivity index is 0.000000243. The maximum absolute atomic E-state index is 13.8. The number of hydrogen-bond acceptors (Lipinski definition) is 16. The van der Waals surface area contributed by atoms with E-state index in [-0.39, 0.29) is 48.2 Å². The highest BCUT2D eigenvalue weighted by atomic mass is 32.3. The van der Waals surface area contributed by atoms with Gasteiger partial charge in [-0.25, -0.2) is 9.97 Å². The fraction of sp³-hybridized carbons (Fsp3) is 0.321. The van der Waals surface area contributed by atoms with Gasteiger partial charge < -0.3 is 14.9 Å². The molecule has 1 N–H and O–H groups in total. The van der Waals surface area contributed by atoms with Crippen LogP contribution >= 0.6 is 22.7 Å². The highest BCUT2D eigenvalue weighted by Gasteiger charge is 2.43. The zero-order chi connectivity index (χ0) is 58.6. The molecular weight excluding hydrogens is 1140 g/mol. The van der Waals surface area contributed by atoms with E-state index in [4.69, 9.17) is 0 Å². The number of aryl methyl sites for hydroxylation is 2. The van der Waals surface area contributed by atoms with Crippen LogP contribution < -0.4 is 17.2 Å². The topological polar surface area (TPSA) is 233 Å². The van der Waals surface area contributed by atoms with Crippen LogP contribution in [0.2, 0.25) is 0 Å². The van der Waals surface area contributed by atoms with E-state index >= 15 is 0 Å². The smallest absolute Gasteiger partial charge is 0.279 e. The fourth-order valence-electron chi connectivity index (χ4n) is 8.93. The molecule has 0 spiro atoms. The summed E-state index contributed by atoms with van der Waals surface area (Å²) in [6.07, 6.45) is 3.56. The highest BCUT2D eigenvalue weighted by Crippen LogP contribution is 2.37. The summed E-state index contributed by atoms with van der Waals surface area (Å²) in [5.41, 5.74) is 3.93. The molecule has 0 saturated carbocycles. The van der Waals surface area contributed by atoms with Crippen LogP contribution in [-0.2, 0) is 49.7 Å². The Bertz CT molecular complexity index is 3600. The summed E-state index contributed by atoms with van der Waals surface area (Å²) in [6, 6.07) is 33.0. The first-order valence-electron chi connectivity index (χ1n) is 26.1. The van der Waals surface area contributed by atoms with E-state index in [0.29, 0.717) is 44.2 Å². The molecule has 18 nitrogen and oxygen atoms in total. The first-order valence-corrected chi connectivity index (χ1v) is 33.6. The molecule has 428 valence electrons. The van der Waals surface area contributed by atoms with Crippen LogP contribution in [0.1, 0.15) is 83.4 Å². The van der Waals surface area contributed by atoms with Gasteiger partial charge in [-0.2, -0.15) is 33.7 Å². The predicted octanol–water partition coefficient (Wildman–Crippen LogP) is 9.84. The number of rotatable bonds is 14. The van der Waals surface area contributed by atoms with Crippen LogP contribution in [0.3, 0.4) is 0 Å². The van der Waals surface area contributed by atoms with Crippen LogP contribution in [0.5, 0.6) is 0 Å². The van der Waals surface area contributed by atoms with Gasteiger partial charge in [-0.1, -0.05) is 107 Å². The van der Waals surface area contributed by atoms with Gasteiger partial charge in [0.1, 0.15) is 6.10 Å². The van der Waals surface area contributed by atoms with Crippen LogP contribution in [0, 0.1) is 13.8 Å². The molecule has 2 amide bonds. The second-order valence-corrected chi connectivity index (χ2v) is 27.0. The maximum atomic E-state index is 13.8. The van der Waals surface area contributed by atoms with Crippen molar-refractivity contribution < 1.29 is 48.4 Å². The Morgan fingerprint density at radius 2 is 0.863 bits per heavy atom. The number of amides is 2. The van der Waals surface area contributed by atoms with Crippen LogP contribution in [0.15, 0.2) is 170 Å².